The van der Waals surface area contributed by atoms with Crippen LogP contribution in [0.25, 0.3) is 0 Å². The summed E-state index contributed by atoms with van der Waals surface area (Å²) in [7, 11) is 3.92. The van der Waals surface area contributed by atoms with Crippen LogP contribution in [0.15, 0.2) is 46.9 Å². The Balaban J connectivity index is 1.84. The number of nitrogens with one attached hydrogen (secondary N) is 1. The molecule has 1 aliphatic heterocycles. The molecule has 1 atom stereocenters. The maximum absolute atomic E-state index is 12.6. The van der Waals surface area contributed by atoms with Gasteiger partial charge in [0, 0.05) is 28.8 Å². The molecule has 1 N–H and O–H groups in total. The lowest BCUT2D eigenvalue weighted by Gasteiger charge is -2.34. The van der Waals surface area contributed by atoms with E-state index in [4.69, 9.17) is 4.74 Å². The Labute approximate surface area is 167 Å². The number of halogens is 1. The van der Waals surface area contributed by atoms with Gasteiger partial charge in [0.15, 0.2) is 6.10 Å². The fourth-order valence-electron chi connectivity index (χ4n) is 2.82. The van der Waals surface area contributed by atoms with Crippen LogP contribution in [0.1, 0.15) is 17.3 Å². The SMILES string of the molecule is CC1Oc2ccc(NC(=O)c3ccc(Br)cc3)cc2N(CCN(C)C)C1=O. The van der Waals surface area contributed by atoms with E-state index in [0.717, 1.165) is 11.0 Å². The van der Waals surface area contributed by atoms with Gasteiger partial charge in [-0.25, -0.2) is 0 Å². The van der Waals surface area contributed by atoms with Crippen molar-refractivity contribution in [3.05, 3.63) is 52.5 Å². The Bertz CT molecular complexity index is 852. The molecule has 0 aromatic heterocycles. The van der Waals surface area contributed by atoms with Crippen molar-refractivity contribution >= 4 is 39.1 Å². The number of hydrogen-bond donors (Lipinski definition) is 1. The van der Waals surface area contributed by atoms with Gasteiger partial charge in [0.1, 0.15) is 5.75 Å². The number of carbonyl (C=O) groups is 2. The monoisotopic (exact) mass is 431 g/mol. The van der Waals surface area contributed by atoms with Gasteiger partial charge in [-0.05, 0) is 63.5 Å². The van der Waals surface area contributed by atoms with E-state index < -0.39 is 6.10 Å². The van der Waals surface area contributed by atoms with E-state index in [2.05, 4.69) is 21.2 Å². The first-order valence-electron chi connectivity index (χ1n) is 8.69. The highest BCUT2D eigenvalue weighted by atomic mass is 79.9. The van der Waals surface area contributed by atoms with Crippen LogP contribution in [0, 0.1) is 0 Å². The summed E-state index contributed by atoms with van der Waals surface area (Å²) in [5.41, 5.74) is 1.84. The molecule has 1 heterocycles. The lowest BCUT2D eigenvalue weighted by molar-refractivity contribution is -0.125. The van der Waals surface area contributed by atoms with E-state index in [9.17, 15) is 9.59 Å². The highest BCUT2D eigenvalue weighted by molar-refractivity contribution is 9.10. The Morgan fingerprint density at radius 2 is 1.93 bits per heavy atom. The first-order chi connectivity index (χ1) is 12.8. The standard InChI is InChI=1S/C20H22BrN3O3/c1-13-20(26)24(11-10-23(2)3)17-12-16(8-9-18(17)27-13)22-19(25)14-4-6-15(21)7-5-14/h4-9,12-13H,10-11H2,1-3H3,(H,22,25). The van der Waals surface area contributed by atoms with E-state index in [1.54, 1.807) is 42.2 Å². The lowest BCUT2D eigenvalue weighted by atomic mass is 10.1. The van der Waals surface area contributed by atoms with Crippen LogP contribution in [0.5, 0.6) is 5.75 Å². The summed E-state index contributed by atoms with van der Waals surface area (Å²) >= 11 is 3.36. The van der Waals surface area contributed by atoms with E-state index in [1.807, 2.05) is 31.1 Å². The molecule has 2 amide bonds. The third kappa shape index (κ3) is 4.48. The highest BCUT2D eigenvalue weighted by Crippen LogP contribution is 2.36. The lowest BCUT2D eigenvalue weighted by Crippen LogP contribution is -2.46. The molecule has 0 saturated carbocycles. The first kappa shape index (κ1) is 19.4. The van der Waals surface area contributed by atoms with Crippen molar-refractivity contribution in [2.45, 2.75) is 13.0 Å². The van der Waals surface area contributed by atoms with Gasteiger partial charge < -0.3 is 19.9 Å². The molecule has 1 unspecified atom stereocenters. The predicted molar refractivity (Wildman–Crippen MR) is 110 cm³/mol. The summed E-state index contributed by atoms with van der Waals surface area (Å²) in [4.78, 5) is 28.8. The van der Waals surface area contributed by atoms with Crippen LogP contribution >= 0.6 is 15.9 Å². The number of fused-ring (bicyclic) bond motifs is 1. The summed E-state index contributed by atoms with van der Waals surface area (Å²) in [6.45, 7) is 3.03. The van der Waals surface area contributed by atoms with Crippen molar-refractivity contribution in [2.75, 3.05) is 37.4 Å². The second-order valence-electron chi connectivity index (χ2n) is 6.70. The van der Waals surface area contributed by atoms with Crippen molar-refractivity contribution in [1.82, 2.24) is 4.90 Å². The molecule has 0 radical (unpaired) electrons. The Morgan fingerprint density at radius 3 is 2.59 bits per heavy atom. The molecule has 142 valence electrons. The Morgan fingerprint density at radius 1 is 1.22 bits per heavy atom. The van der Waals surface area contributed by atoms with Gasteiger partial charge in [-0.2, -0.15) is 0 Å². The van der Waals surface area contributed by atoms with Crippen LogP contribution in [0.4, 0.5) is 11.4 Å². The van der Waals surface area contributed by atoms with Crippen molar-refractivity contribution in [3.63, 3.8) is 0 Å². The second kappa shape index (κ2) is 8.10. The van der Waals surface area contributed by atoms with Crippen LogP contribution in [-0.2, 0) is 4.79 Å². The van der Waals surface area contributed by atoms with Crippen LogP contribution in [0.3, 0.4) is 0 Å². The minimum Gasteiger partial charge on any atom is -0.479 e. The number of amides is 2. The van der Waals surface area contributed by atoms with Crippen molar-refractivity contribution in [1.29, 1.82) is 0 Å². The van der Waals surface area contributed by atoms with Crippen molar-refractivity contribution in [2.24, 2.45) is 0 Å². The molecule has 2 aromatic carbocycles. The quantitative estimate of drug-likeness (QED) is 0.787. The first-order valence-corrected chi connectivity index (χ1v) is 9.48. The van der Waals surface area contributed by atoms with Gasteiger partial charge in [-0.1, -0.05) is 15.9 Å². The normalized spacial score (nSPS) is 16.1. The number of hydrogen-bond acceptors (Lipinski definition) is 4. The molecule has 7 heteroatoms. The highest BCUT2D eigenvalue weighted by Gasteiger charge is 2.31. The number of nitrogens with zero attached hydrogens (tertiary/aromatic N) is 2. The summed E-state index contributed by atoms with van der Waals surface area (Å²) < 4.78 is 6.63. The Kier molecular flexibility index (Phi) is 5.82. The molecule has 6 nitrogen and oxygen atoms in total. The van der Waals surface area contributed by atoms with E-state index in [-0.39, 0.29) is 11.8 Å². The average molecular weight is 432 g/mol. The summed E-state index contributed by atoms with van der Waals surface area (Å²) in [6.07, 6.45) is -0.525. The number of anilines is 2. The molecule has 0 bridgehead atoms. The van der Waals surface area contributed by atoms with Crippen LogP contribution in [-0.4, -0.2) is 50.0 Å². The summed E-state index contributed by atoms with van der Waals surface area (Å²) in [5, 5.41) is 2.88. The molecule has 0 spiro atoms. The second-order valence-corrected chi connectivity index (χ2v) is 7.61. The number of ether oxygens (including phenoxy) is 1. The molecule has 1 aliphatic rings. The molecule has 3 rings (SSSR count). The topological polar surface area (TPSA) is 61.9 Å². The van der Waals surface area contributed by atoms with Gasteiger partial charge in [0.25, 0.3) is 11.8 Å². The maximum Gasteiger partial charge on any atom is 0.267 e. The number of likely N-dealkylation sites (N-methyl/N-ethyl adjacent to an activating group) is 1. The molecule has 0 saturated heterocycles. The van der Waals surface area contributed by atoms with Gasteiger partial charge in [-0.3, -0.25) is 9.59 Å². The fraction of sp³-hybridized carbons (Fsp3) is 0.300. The smallest absolute Gasteiger partial charge is 0.267 e. The number of carbonyl (C=O) groups excluding carboxylic acids is 2. The largest absolute Gasteiger partial charge is 0.479 e. The van der Waals surface area contributed by atoms with Gasteiger partial charge in [0.05, 0.1) is 5.69 Å². The minimum atomic E-state index is -0.525. The molecule has 27 heavy (non-hydrogen) atoms. The van der Waals surface area contributed by atoms with Gasteiger partial charge in [-0.15, -0.1) is 0 Å². The third-order valence-corrected chi connectivity index (χ3v) is 4.83. The number of benzene rings is 2. The van der Waals surface area contributed by atoms with E-state index >= 15 is 0 Å². The van der Waals surface area contributed by atoms with Crippen LogP contribution < -0.4 is 15.0 Å². The third-order valence-electron chi connectivity index (χ3n) is 4.30. The van der Waals surface area contributed by atoms with Crippen LogP contribution in [0.2, 0.25) is 0 Å². The van der Waals surface area contributed by atoms with Gasteiger partial charge >= 0.3 is 0 Å². The fourth-order valence-corrected chi connectivity index (χ4v) is 3.08. The number of rotatable bonds is 5. The zero-order valence-electron chi connectivity index (χ0n) is 15.5. The maximum atomic E-state index is 12.6. The molecule has 0 aliphatic carbocycles. The predicted octanol–water partition coefficient (Wildman–Crippen LogP) is 3.38. The van der Waals surface area contributed by atoms with E-state index in [1.165, 1.54) is 0 Å². The Hall–Kier alpha value is -2.38. The molecule has 2 aromatic rings. The van der Waals surface area contributed by atoms with E-state index in [0.29, 0.717) is 29.2 Å². The zero-order valence-corrected chi connectivity index (χ0v) is 17.1. The van der Waals surface area contributed by atoms with Gasteiger partial charge in [0.2, 0.25) is 0 Å². The summed E-state index contributed by atoms with van der Waals surface area (Å²) in [6, 6.07) is 12.5. The zero-order chi connectivity index (χ0) is 19.6. The summed E-state index contributed by atoms with van der Waals surface area (Å²) in [5.74, 6) is 0.349. The average Bonchev–Trinajstić information content (AvgIpc) is 2.63. The molecular formula is C20H22BrN3O3. The van der Waals surface area contributed by atoms with Crippen molar-refractivity contribution in [3.8, 4) is 5.75 Å². The minimum absolute atomic E-state index is 0.0827. The molecular weight excluding hydrogens is 410 g/mol. The van der Waals surface area contributed by atoms with Crippen molar-refractivity contribution < 1.29 is 14.3 Å². The molecule has 0 fully saturated rings.